The number of carbonyl (C=O) groups excluding carboxylic acids is 4. The summed E-state index contributed by atoms with van der Waals surface area (Å²) in [6.07, 6.45) is -3.98. The highest BCUT2D eigenvalue weighted by molar-refractivity contribution is 6.29. The molecule has 0 saturated carbocycles. The van der Waals surface area contributed by atoms with E-state index >= 15 is 0 Å². The summed E-state index contributed by atoms with van der Waals surface area (Å²) in [5.41, 5.74) is 3.50. The topological polar surface area (TPSA) is 166 Å². The summed E-state index contributed by atoms with van der Waals surface area (Å²) < 4.78 is 21.8. The molecule has 1 saturated heterocycles. The van der Waals surface area contributed by atoms with Crippen molar-refractivity contribution in [2.24, 2.45) is 5.73 Å². The van der Waals surface area contributed by atoms with Crippen LogP contribution in [0.15, 0.2) is 11.0 Å². The van der Waals surface area contributed by atoms with Crippen molar-refractivity contribution in [3.05, 3.63) is 27.4 Å². The van der Waals surface area contributed by atoms with E-state index < -0.39 is 59.6 Å². The van der Waals surface area contributed by atoms with Crippen molar-refractivity contribution < 1.29 is 38.1 Å². The second kappa shape index (κ2) is 9.01. The Morgan fingerprint density at radius 2 is 1.72 bits per heavy atom. The van der Waals surface area contributed by atoms with E-state index in [0.717, 1.165) is 31.5 Å². The SMILES string of the molecule is CC(=O)OCC1OC(n2cc(Cl)nc(C(N)=O)c2=O)C(OC(C)=O)C1OC(C)=O. The van der Waals surface area contributed by atoms with Gasteiger partial charge >= 0.3 is 17.9 Å². The van der Waals surface area contributed by atoms with E-state index in [4.69, 9.17) is 36.3 Å². The lowest BCUT2D eigenvalue weighted by Gasteiger charge is -2.24. The Hall–Kier alpha value is -2.99. The van der Waals surface area contributed by atoms with Crippen LogP contribution in [-0.4, -0.2) is 58.3 Å². The second-order valence-electron chi connectivity index (χ2n) is 6.00. The molecule has 1 aliphatic rings. The summed E-state index contributed by atoms with van der Waals surface area (Å²) in [4.78, 5) is 62.0. The highest BCUT2D eigenvalue weighted by Crippen LogP contribution is 2.34. The number of carbonyl (C=O) groups is 4. The molecule has 12 nitrogen and oxygen atoms in total. The quantitative estimate of drug-likeness (QED) is 0.450. The van der Waals surface area contributed by atoms with E-state index in [1.165, 1.54) is 0 Å². The van der Waals surface area contributed by atoms with Gasteiger partial charge in [0, 0.05) is 27.0 Å². The third kappa shape index (κ3) is 5.29. The highest BCUT2D eigenvalue weighted by Gasteiger charge is 2.51. The van der Waals surface area contributed by atoms with E-state index in [2.05, 4.69) is 4.98 Å². The maximum atomic E-state index is 12.6. The number of hydrogen-bond acceptors (Lipinski definition) is 10. The Bertz CT molecular complexity index is 900. The molecule has 2 heterocycles. The molecule has 1 fully saturated rings. The highest BCUT2D eigenvalue weighted by atomic mass is 35.5. The fourth-order valence-electron chi connectivity index (χ4n) is 2.75. The summed E-state index contributed by atoms with van der Waals surface area (Å²) >= 11 is 5.86. The molecule has 29 heavy (non-hydrogen) atoms. The predicted molar refractivity (Wildman–Crippen MR) is 93.7 cm³/mol. The summed E-state index contributed by atoms with van der Waals surface area (Å²) in [5, 5.41) is -0.268. The van der Waals surface area contributed by atoms with Gasteiger partial charge in [0.1, 0.15) is 17.9 Å². The molecule has 2 N–H and O–H groups in total. The molecular formula is C16H18ClN3O9. The summed E-state index contributed by atoms with van der Waals surface area (Å²) in [6.45, 7) is 3.00. The number of nitrogens with two attached hydrogens (primary N) is 1. The van der Waals surface area contributed by atoms with Crippen LogP contribution in [0.25, 0.3) is 0 Å². The Balaban J connectivity index is 2.54. The average molecular weight is 432 g/mol. The van der Waals surface area contributed by atoms with Gasteiger partial charge in [-0.2, -0.15) is 0 Å². The number of halogens is 1. The van der Waals surface area contributed by atoms with Crippen LogP contribution in [0.3, 0.4) is 0 Å². The first kappa shape index (κ1) is 22.3. The van der Waals surface area contributed by atoms with Crippen molar-refractivity contribution >= 4 is 35.4 Å². The Morgan fingerprint density at radius 1 is 1.14 bits per heavy atom. The van der Waals surface area contributed by atoms with Gasteiger partial charge < -0.3 is 24.7 Å². The third-order valence-electron chi connectivity index (χ3n) is 3.75. The lowest BCUT2D eigenvalue weighted by Crippen LogP contribution is -2.42. The second-order valence-corrected chi connectivity index (χ2v) is 6.39. The van der Waals surface area contributed by atoms with Crippen LogP contribution in [0.1, 0.15) is 37.5 Å². The van der Waals surface area contributed by atoms with Gasteiger partial charge in [-0.25, -0.2) is 4.98 Å². The maximum Gasteiger partial charge on any atom is 0.303 e. The Morgan fingerprint density at radius 3 is 2.24 bits per heavy atom. The lowest BCUT2D eigenvalue weighted by atomic mass is 10.1. The first-order chi connectivity index (χ1) is 13.5. The normalized spacial score (nSPS) is 23.3. The van der Waals surface area contributed by atoms with Crippen LogP contribution < -0.4 is 11.3 Å². The molecule has 158 valence electrons. The van der Waals surface area contributed by atoms with Crippen LogP contribution in [0.5, 0.6) is 0 Å². The van der Waals surface area contributed by atoms with Crippen LogP contribution in [0, 0.1) is 0 Å². The van der Waals surface area contributed by atoms with Gasteiger partial charge in [0.2, 0.25) is 0 Å². The van der Waals surface area contributed by atoms with Gasteiger partial charge in [0.25, 0.3) is 11.5 Å². The minimum absolute atomic E-state index is 0.268. The smallest absolute Gasteiger partial charge is 0.303 e. The van der Waals surface area contributed by atoms with Crippen molar-refractivity contribution in [2.45, 2.75) is 45.3 Å². The molecule has 4 unspecified atom stereocenters. The van der Waals surface area contributed by atoms with E-state index in [1.807, 2.05) is 0 Å². The molecular weight excluding hydrogens is 414 g/mol. The largest absolute Gasteiger partial charge is 0.463 e. The minimum Gasteiger partial charge on any atom is -0.463 e. The fourth-order valence-corrected chi connectivity index (χ4v) is 2.94. The average Bonchev–Trinajstić information content (AvgIpc) is 2.91. The maximum absolute atomic E-state index is 12.6. The number of esters is 3. The number of hydrogen-bond donors (Lipinski definition) is 1. The van der Waals surface area contributed by atoms with Crippen LogP contribution in [0.4, 0.5) is 0 Å². The standard InChI is InChI=1S/C16H18ClN3O9/c1-6(21)26-5-9-12(27-7(2)22)13(28-8(3)23)16(29-9)20-4-10(17)19-11(14(18)24)15(20)25/h4,9,12-13,16H,5H2,1-3H3,(H2,18,24). The monoisotopic (exact) mass is 431 g/mol. The van der Waals surface area contributed by atoms with Gasteiger partial charge in [-0.1, -0.05) is 11.6 Å². The van der Waals surface area contributed by atoms with Crippen LogP contribution in [0.2, 0.25) is 5.15 Å². The van der Waals surface area contributed by atoms with Gasteiger partial charge in [-0.05, 0) is 0 Å². The molecule has 0 aliphatic carbocycles. The van der Waals surface area contributed by atoms with Crippen molar-refractivity contribution in [2.75, 3.05) is 6.61 Å². The van der Waals surface area contributed by atoms with Crippen molar-refractivity contribution in [3.8, 4) is 0 Å². The first-order valence-corrected chi connectivity index (χ1v) is 8.60. The lowest BCUT2D eigenvalue weighted by molar-refractivity contribution is -0.166. The van der Waals surface area contributed by atoms with E-state index in [9.17, 15) is 24.0 Å². The molecule has 0 radical (unpaired) electrons. The summed E-state index contributed by atoms with van der Waals surface area (Å²) in [5.74, 6) is -3.27. The zero-order valence-electron chi connectivity index (χ0n) is 15.6. The Kier molecular flexibility index (Phi) is 6.93. The van der Waals surface area contributed by atoms with Gasteiger partial charge in [0.15, 0.2) is 24.1 Å². The number of nitrogens with zero attached hydrogens (tertiary/aromatic N) is 2. The number of rotatable bonds is 6. The molecule has 1 aromatic rings. The van der Waals surface area contributed by atoms with Crippen molar-refractivity contribution in [3.63, 3.8) is 0 Å². The van der Waals surface area contributed by atoms with Crippen LogP contribution in [-0.2, 0) is 33.3 Å². The number of primary amides is 1. The molecule has 1 amide bonds. The summed E-state index contributed by atoms with van der Waals surface area (Å²) in [6, 6.07) is 0. The molecule has 2 rings (SSSR count). The molecule has 0 bridgehead atoms. The molecule has 4 atom stereocenters. The predicted octanol–water partition coefficient (Wildman–Crippen LogP) is -0.680. The molecule has 1 aliphatic heterocycles. The zero-order chi connectivity index (χ0) is 21.9. The fraction of sp³-hybridized carbons (Fsp3) is 0.500. The molecule has 1 aromatic heterocycles. The first-order valence-electron chi connectivity index (χ1n) is 8.23. The summed E-state index contributed by atoms with van der Waals surface area (Å²) in [7, 11) is 0. The van der Waals surface area contributed by atoms with E-state index in [0.29, 0.717) is 0 Å². The van der Waals surface area contributed by atoms with Gasteiger partial charge in [0.05, 0.1) is 0 Å². The van der Waals surface area contributed by atoms with E-state index in [-0.39, 0.29) is 11.8 Å². The number of ether oxygens (including phenoxy) is 4. The Labute approximate surface area is 168 Å². The minimum atomic E-state index is -1.38. The third-order valence-corrected chi connectivity index (χ3v) is 3.93. The number of amides is 1. The van der Waals surface area contributed by atoms with E-state index in [1.54, 1.807) is 0 Å². The van der Waals surface area contributed by atoms with Crippen molar-refractivity contribution in [1.82, 2.24) is 9.55 Å². The van der Waals surface area contributed by atoms with Crippen molar-refractivity contribution in [1.29, 1.82) is 0 Å². The van der Waals surface area contributed by atoms with Crippen LogP contribution >= 0.6 is 11.6 Å². The number of aromatic nitrogens is 2. The molecule has 13 heteroatoms. The zero-order valence-corrected chi connectivity index (χ0v) is 16.4. The van der Waals surface area contributed by atoms with Gasteiger partial charge in [-0.15, -0.1) is 0 Å². The molecule has 0 spiro atoms. The van der Waals surface area contributed by atoms with Gasteiger partial charge in [-0.3, -0.25) is 28.5 Å². The molecule has 0 aromatic carbocycles.